The van der Waals surface area contributed by atoms with Crippen molar-refractivity contribution in [2.45, 2.75) is 20.0 Å². The fraction of sp³-hybridized carbons (Fsp3) is 0.235. The Hall–Kier alpha value is -2.40. The summed E-state index contributed by atoms with van der Waals surface area (Å²) in [5.74, 6) is -0.444. The summed E-state index contributed by atoms with van der Waals surface area (Å²) in [4.78, 5) is 23.4. The molecule has 1 aromatic carbocycles. The van der Waals surface area contributed by atoms with E-state index in [-0.39, 0.29) is 30.8 Å². The van der Waals surface area contributed by atoms with Crippen LogP contribution in [0.25, 0.3) is 0 Å². The Bertz CT molecular complexity index is 630. The topological polar surface area (TPSA) is 59.3 Å². The molecule has 0 unspecified atom stereocenters. The van der Waals surface area contributed by atoms with Crippen LogP contribution < -0.4 is 22.3 Å². The number of carbonyl (C=O) groups is 2. The second kappa shape index (κ2) is 9.58. The maximum atomic E-state index is 12.0. The third-order valence-corrected chi connectivity index (χ3v) is 3.07. The van der Waals surface area contributed by atoms with Gasteiger partial charge in [-0.2, -0.15) is 4.57 Å². The minimum absolute atomic E-state index is 0. The molecule has 0 aliphatic carbocycles. The average Bonchev–Trinajstić information content (AvgIpc) is 2.54. The number of pyridine rings is 1. The number of aromatic nitrogens is 1. The van der Waals surface area contributed by atoms with Crippen molar-refractivity contribution >= 4 is 11.9 Å². The van der Waals surface area contributed by atoms with E-state index in [1.165, 1.54) is 0 Å². The number of esters is 1. The highest BCUT2D eigenvalue weighted by atomic mass is 35.5. The van der Waals surface area contributed by atoms with Crippen molar-refractivity contribution in [2.24, 2.45) is 0 Å². The van der Waals surface area contributed by atoms with Gasteiger partial charge >= 0.3 is 5.97 Å². The van der Waals surface area contributed by atoms with Crippen LogP contribution in [0.5, 0.6) is 0 Å². The molecule has 2 aromatic rings. The van der Waals surface area contributed by atoms with Gasteiger partial charge in [0.05, 0.1) is 12.2 Å². The number of benzene rings is 1. The number of amides is 1. The molecule has 0 bridgehead atoms. The van der Waals surface area contributed by atoms with E-state index in [0.717, 1.165) is 5.56 Å². The molecule has 1 N–H and O–H groups in total. The molecule has 0 atom stereocenters. The van der Waals surface area contributed by atoms with Gasteiger partial charge in [0.25, 0.3) is 5.91 Å². The molecule has 122 valence electrons. The zero-order valence-electron chi connectivity index (χ0n) is 12.9. The number of hydrogen-bond acceptors (Lipinski definition) is 3. The molecule has 0 radical (unpaired) electrons. The molecule has 0 saturated heterocycles. The fourth-order valence-corrected chi connectivity index (χ4v) is 1.95. The number of rotatable bonds is 6. The Morgan fingerprint density at radius 1 is 1.09 bits per heavy atom. The number of ether oxygens (including phenoxy) is 1. The van der Waals surface area contributed by atoms with Crippen molar-refractivity contribution in [3.63, 3.8) is 0 Å². The van der Waals surface area contributed by atoms with Crippen LogP contribution in [0, 0.1) is 0 Å². The number of carbonyl (C=O) groups excluding carboxylic acids is 2. The van der Waals surface area contributed by atoms with Crippen molar-refractivity contribution < 1.29 is 31.3 Å². The predicted molar refractivity (Wildman–Crippen MR) is 80.9 cm³/mol. The fourth-order valence-electron chi connectivity index (χ4n) is 1.95. The standard InChI is InChI=1S/C17H18N2O3.ClH/c1-2-22-16(20)13-19-10-8-15(9-11-19)17(21)18-12-14-6-4-3-5-7-14;/h3-11H,2,12-13H2,1H3;1H. The summed E-state index contributed by atoms with van der Waals surface area (Å²) < 4.78 is 6.54. The Kier molecular flexibility index (Phi) is 7.77. The largest absolute Gasteiger partial charge is 1.00 e. The van der Waals surface area contributed by atoms with E-state index < -0.39 is 0 Å². The van der Waals surface area contributed by atoms with Gasteiger partial charge in [-0.1, -0.05) is 30.3 Å². The molecule has 0 saturated carbocycles. The molecular weight excluding hydrogens is 316 g/mol. The number of halogens is 1. The summed E-state index contributed by atoms with van der Waals surface area (Å²) in [6.45, 7) is 2.75. The molecule has 1 amide bonds. The first-order valence-corrected chi connectivity index (χ1v) is 7.16. The molecule has 0 aliphatic rings. The first-order chi connectivity index (χ1) is 10.7. The highest BCUT2D eigenvalue weighted by Gasteiger charge is 2.12. The monoisotopic (exact) mass is 334 g/mol. The van der Waals surface area contributed by atoms with E-state index in [1.54, 1.807) is 36.0 Å². The van der Waals surface area contributed by atoms with Crippen LogP contribution in [0.15, 0.2) is 54.9 Å². The van der Waals surface area contributed by atoms with Crippen molar-refractivity contribution in [2.75, 3.05) is 6.61 Å². The van der Waals surface area contributed by atoms with Gasteiger partial charge in [-0.15, -0.1) is 0 Å². The van der Waals surface area contributed by atoms with Crippen LogP contribution in [0.1, 0.15) is 22.8 Å². The Balaban J connectivity index is 0.00000264. The lowest BCUT2D eigenvalue weighted by Crippen LogP contribution is -3.00. The molecule has 0 aliphatic heterocycles. The summed E-state index contributed by atoms with van der Waals surface area (Å²) in [6.07, 6.45) is 3.38. The van der Waals surface area contributed by atoms with E-state index in [2.05, 4.69) is 5.32 Å². The zero-order valence-corrected chi connectivity index (χ0v) is 13.6. The predicted octanol–water partition coefficient (Wildman–Crippen LogP) is -1.53. The summed E-state index contributed by atoms with van der Waals surface area (Å²) >= 11 is 0. The van der Waals surface area contributed by atoms with Gasteiger partial charge in [0.2, 0.25) is 6.54 Å². The van der Waals surface area contributed by atoms with Gasteiger partial charge in [0.1, 0.15) is 0 Å². The summed E-state index contributed by atoms with van der Waals surface area (Å²) in [7, 11) is 0. The third-order valence-electron chi connectivity index (χ3n) is 3.07. The second-order valence-electron chi connectivity index (χ2n) is 4.73. The zero-order chi connectivity index (χ0) is 15.8. The maximum Gasteiger partial charge on any atom is 0.372 e. The highest BCUT2D eigenvalue weighted by molar-refractivity contribution is 5.93. The van der Waals surface area contributed by atoms with E-state index >= 15 is 0 Å². The van der Waals surface area contributed by atoms with Gasteiger partial charge in [0.15, 0.2) is 12.4 Å². The van der Waals surface area contributed by atoms with Crippen LogP contribution in [0.4, 0.5) is 0 Å². The second-order valence-corrected chi connectivity index (χ2v) is 4.73. The maximum absolute atomic E-state index is 12.0. The molecule has 1 aromatic heterocycles. The van der Waals surface area contributed by atoms with Crippen LogP contribution in [0.2, 0.25) is 0 Å². The van der Waals surface area contributed by atoms with Crippen molar-refractivity contribution in [1.29, 1.82) is 0 Å². The summed E-state index contributed by atoms with van der Waals surface area (Å²) in [5, 5.41) is 2.86. The van der Waals surface area contributed by atoms with Gasteiger partial charge in [-0.25, -0.2) is 4.79 Å². The molecule has 5 nitrogen and oxygen atoms in total. The highest BCUT2D eigenvalue weighted by Crippen LogP contribution is 2.00. The van der Waals surface area contributed by atoms with Crippen LogP contribution in [0.3, 0.4) is 0 Å². The number of nitrogens with zero attached hydrogens (tertiary/aromatic N) is 1. The Labute approximate surface area is 141 Å². The minimum Gasteiger partial charge on any atom is -1.00 e. The third kappa shape index (κ3) is 6.08. The van der Waals surface area contributed by atoms with Gasteiger partial charge in [-0.05, 0) is 12.5 Å². The molecule has 0 spiro atoms. The lowest BCUT2D eigenvalue weighted by Gasteiger charge is -2.05. The molecule has 23 heavy (non-hydrogen) atoms. The summed E-state index contributed by atoms with van der Waals surface area (Å²) in [6, 6.07) is 13.1. The smallest absolute Gasteiger partial charge is 0.372 e. The molecule has 1 heterocycles. The first-order valence-electron chi connectivity index (χ1n) is 7.16. The van der Waals surface area contributed by atoms with E-state index in [9.17, 15) is 9.59 Å². The Morgan fingerprint density at radius 2 is 1.74 bits per heavy atom. The summed E-state index contributed by atoms with van der Waals surface area (Å²) in [5.41, 5.74) is 1.60. The minimum atomic E-state index is -0.297. The molecule has 6 heteroatoms. The van der Waals surface area contributed by atoms with Crippen molar-refractivity contribution in [3.8, 4) is 0 Å². The van der Waals surface area contributed by atoms with Gasteiger partial charge in [-0.3, -0.25) is 4.79 Å². The van der Waals surface area contributed by atoms with Gasteiger partial charge in [0, 0.05) is 18.7 Å². The van der Waals surface area contributed by atoms with E-state index in [4.69, 9.17) is 4.74 Å². The molecular formula is C17H19ClN2O3. The number of nitrogens with one attached hydrogen (secondary N) is 1. The molecule has 2 rings (SSSR count). The lowest BCUT2D eigenvalue weighted by molar-refractivity contribution is -0.686. The van der Waals surface area contributed by atoms with Crippen molar-refractivity contribution in [1.82, 2.24) is 5.32 Å². The normalized spacial score (nSPS) is 9.61. The van der Waals surface area contributed by atoms with Crippen molar-refractivity contribution in [3.05, 3.63) is 66.0 Å². The molecule has 0 fully saturated rings. The van der Waals surface area contributed by atoms with Gasteiger partial charge < -0.3 is 22.5 Å². The average molecular weight is 335 g/mol. The van der Waals surface area contributed by atoms with Crippen LogP contribution in [-0.2, 0) is 22.6 Å². The quantitative estimate of drug-likeness (QED) is 0.515. The SMILES string of the molecule is CCOC(=O)C[n+]1ccc(C(=O)NCc2ccccc2)cc1.[Cl-]. The van der Waals surface area contributed by atoms with Crippen LogP contribution in [-0.4, -0.2) is 18.5 Å². The number of hydrogen-bond donors (Lipinski definition) is 1. The lowest BCUT2D eigenvalue weighted by atomic mass is 10.2. The Morgan fingerprint density at radius 3 is 2.35 bits per heavy atom. The van der Waals surface area contributed by atoms with E-state index in [1.807, 2.05) is 30.3 Å². The van der Waals surface area contributed by atoms with E-state index in [0.29, 0.717) is 18.7 Å². The van der Waals surface area contributed by atoms with Crippen LogP contribution >= 0.6 is 0 Å². The first kappa shape index (κ1) is 18.6.